The Kier molecular flexibility index (Phi) is 6.89. The molecule has 0 bridgehead atoms. The Hall–Kier alpha value is -2.76. The third-order valence-electron chi connectivity index (χ3n) is 4.45. The molecule has 150 valence electrons. The maximum absolute atomic E-state index is 13.7. The Bertz CT molecular complexity index is 842. The number of ether oxygens (including phenoxy) is 1. The van der Waals surface area contributed by atoms with Crippen LogP contribution in [-0.2, 0) is 32.6 Å². The smallest absolute Gasteiger partial charge is 0.328 e. The van der Waals surface area contributed by atoms with Gasteiger partial charge in [-0.05, 0) is 28.2 Å². The molecule has 2 aromatic rings. The zero-order valence-electron chi connectivity index (χ0n) is 16.5. The predicted octanol–water partition coefficient (Wildman–Crippen LogP) is 3.71. The van der Waals surface area contributed by atoms with Crippen LogP contribution in [0.3, 0.4) is 0 Å². The molecular weight excluding hydrogens is 364 g/mol. The summed E-state index contributed by atoms with van der Waals surface area (Å²) in [4.78, 5) is 24.4. The van der Waals surface area contributed by atoms with Crippen molar-refractivity contribution < 1.29 is 23.1 Å². The highest BCUT2D eigenvalue weighted by Crippen LogP contribution is 2.22. The molecule has 28 heavy (non-hydrogen) atoms. The van der Waals surface area contributed by atoms with Gasteiger partial charge in [-0.3, -0.25) is 4.79 Å². The summed E-state index contributed by atoms with van der Waals surface area (Å²) < 4.78 is 31.5. The average molecular weight is 389 g/mol. The van der Waals surface area contributed by atoms with Crippen LogP contribution < -0.4 is 5.32 Å². The van der Waals surface area contributed by atoms with Crippen molar-refractivity contribution in [3.05, 3.63) is 70.8 Å². The molecule has 4 nitrogen and oxygen atoms in total. The van der Waals surface area contributed by atoms with E-state index >= 15 is 0 Å². The van der Waals surface area contributed by atoms with Crippen molar-refractivity contribution in [2.75, 3.05) is 7.11 Å². The number of amides is 1. The lowest BCUT2D eigenvalue weighted by molar-refractivity contribution is -0.145. The van der Waals surface area contributed by atoms with Crippen molar-refractivity contribution in [3.63, 3.8) is 0 Å². The number of halogens is 2. The van der Waals surface area contributed by atoms with E-state index < -0.39 is 29.6 Å². The molecule has 0 heterocycles. The van der Waals surface area contributed by atoms with E-state index in [9.17, 15) is 18.4 Å². The Morgan fingerprint density at radius 1 is 1.07 bits per heavy atom. The van der Waals surface area contributed by atoms with Crippen LogP contribution in [0.25, 0.3) is 0 Å². The van der Waals surface area contributed by atoms with Gasteiger partial charge in [-0.25, -0.2) is 13.6 Å². The molecule has 0 aliphatic heterocycles. The summed E-state index contributed by atoms with van der Waals surface area (Å²) in [6.07, 6.45) is -0.0582. The second-order valence-electron chi connectivity index (χ2n) is 7.71. The number of methoxy groups -OCH3 is 1. The minimum absolute atomic E-state index is 0.00767. The fourth-order valence-electron chi connectivity index (χ4n) is 2.80. The minimum Gasteiger partial charge on any atom is -0.467 e. The molecule has 0 radical (unpaired) electrons. The SMILES string of the molecule is COC(=O)[C@@H](Cc1ccc(C(C)(C)C)cc1)NC(=O)Cc1ccc(F)cc1F. The van der Waals surface area contributed by atoms with Gasteiger partial charge in [0.25, 0.3) is 0 Å². The van der Waals surface area contributed by atoms with E-state index in [0.717, 1.165) is 23.3 Å². The zero-order chi connectivity index (χ0) is 20.9. The van der Waals surface area contributed by atoms with Crippen molar-refractivity contribution >= 4 is 11.9 Å². The molecule has 2 aromatic carbocycles. The van der Waals surface area contributed by atoms with Crippen LogP contribution in [0.1, 0.15) is 37.5 Å². The van der Waals surface area contributed by atoms with Gasteiger partial charge in [0, 0.05) is 12.5 Å². The van der Waals surface area contributed by atoms with Gasteiger partial charge in [0.1, 0.15) is 17.7 Å². The van der Waals surface area contributed by atoms with Gasteiger partial charge in [0.05, 0.1) is 13.5 Å². The Labute approximate surface area is 163 Å². The van der Waals surface area contributed by atoms with Crippen molar-refractivity contribution in [2.24, 2.45) is 0 Å². The van der Waals surface area contributed by atoms with E-state index in [0.29, 0.717) is 0 Å². The molecule has 0 fully saturated rings. The van der Waals surface area contributed by atoms with Gasteiger partial charge in [0.15, 0.2) is 0 Å². The average Bonchev–Trinajstić information content (AvgIpc) is 2.62. The summed E-state index contributed by atoms with van der Waals surface area (Å²) in [5.41, 5.74) is 2.07. The topological polar surface area (TPSA) is 55.4 Å². The van der Waals surface area contributed by atoms with E-state index in [1.54, 1.807) is 0 Å². The summed E-state index contributed by atoms with van der Waals surface area (Å²) in [5.74, 6) is -2.66. The predicted molar refractivity (Wildman–Crippen MR) is 103 cm³/mol. The number of nitrogens with one attached hydrogen (secondary N) is 1. The summed E-state index contributed by atoms with van der Waals surface area (Å²) in [6, 6.07) is 9.89. The number of carbonyl (C=O) groups excluding carboxylic acids is 2. The van der Waals surface area contributed by atoms with Crippen LogP contribution in [0.5, 0.6) is 0 Å². The zero-order valence-corrected chi connectivity index (χ0v) is 16.5. The van der Waals surface area contributed by atoms with Crippen LogP contribution in [0.2, 0.25) is 0 Å². The molecular formula is C22H25F2NO3. The standard InChI is InChI=1S/C22H25F2NO3/c1-22(2,3)16-8-5-14(6-9-16)11-19(21(27)28-4)25-20(26)12-15-7-10-17(23)13-18(15)24/h5-10,13,19H,11-12H2,1-4H3,(H,25,26)/t19-/m1/s1. The second-order valence-corrected chi connectivity index (χ2v) is 7.71. The first-order valence-electron chi connectivity index (χ1n) is 9.00. The van der Waals surface area contributed by atoms with Crippen LogP contribution >= 0.6 is 0 Å². The number of carbonyl (C=O) groups is 2. The molecule has 0 aromatic heterocycles. The molecule has 0 saturated heterocycles. The highest BCUT2D eigenvalue weighted by Gasteiger charge is 2.23. The third-order valence-corrected chi connectivity index (χ3v) is 4.45. The van der Waals surface area contributed by atoms with Gasteiger partial charge in [0.2, 0.25) is 5.91 Å². The summed E-state index contributed by atoms with van der Waals surface area (Å²) in [6.45, 7) is 6.32. The number of hydrogen-bond donors (Lipinski definition) is 1. The van der Waals surface area contributed by atoms with Gasteiger partial charge in [-0.15, -0.1) is 0 Å². The lowest BCUT2D eigenvalue weighted by Gasteiger charge is -2.20. The minimum atomic E-state index is -0.901. The van der Waals surface area contributed by atoms with Crippen molar-refractivity contribution in [3.8, 4) is 0 Å². The first kappa shape index (κ1) is 21.5. The second kappa shape index (κ2) is 8.95. The highest BCUT2D eigenvalue weighted by molar-refractivity contribution is 5.85. The van der Waals surface area contributed by atoms with Crippen LogP contribution in [0, 0.1) is 11.6 Å². The molecule has 2 rings (SSSR count). The fraction of sp³-hybridized carbons (Fsp3) is 0.364. The van der Waals surface area contributed by atoms with E-state index in [-0.39, 0.29) is 23.8 Å². The number of benzene rings is 2. The van der Waals surface area contributed by atoms with E-state index in [2.05, 4.69) is 26.1 Å². The van der Waals surface area contributed by atoms with Crippen molar-refractivity contribution in [2.45, 2.75) is 45.1 Å². The highest BCUT2D eigenvalue weighted by atomic mass is 19.1. The van der Waals surface area contributed by atoms with Crippen molar-refractivity contribution in [1.82, 2.24) is 5.32 Å². The van der Waals surface area contributed by atoms with Gasteiger partial charge < -0.3 is 10.1 Å². The molecule has 0 saturated carbocycles. The molecule has 0 unspecified atom stereocenters. The van der Waals surface area contributed by atoms with Crippen LogP contribution in [0.15, 0.2) is 42.5 Å². The van der Waals surface area contributed by atoms with Gasteiger partial charge in [-0.1, -0.05) is 51.1 Å². The molecule has 0 aliphatic carbocycles. The monoisotopic (exact) mass is 389 g/mol. The molecule has 1 N–H and O–H groups in total. The Balaban J connectivity index is 2.09. The largest absolute Gasteiger partial charge is 0.467 e. The van der Waals surface area contributed by atoms with Gasteiger partial charge in [-0.2, -0.15) is 0 Å². The van der Waals surface area contributed by atoms with Crippen molar-refractivity contribution in [1.29, 1.82) is 0 Å². The summed E-state index contributed by atoms with van der Waals surface area (Å²) >= 11 is 0. The maximum Gasteiger partial charge on any atom is 0.328 e. The van der Waals surface area contributed by atoms with E-state index in [4.69, 9.17) is 4.74 Å². The molecule has 1 atom stereocenters. The summed E-state index contributed by atoms with van der Waals surface area (Å²) in [7, 11) is 1.24. The number of hydrogen-bond acceptors (Lipinski definition) is 3. The first-order chi connectivity index (χ1) is 13.1. The molecule has 1 amide bonds. The Morgan fingerprint density at radius 2 is 1.71 bits per heavy atom. The number of esters is 1. The van der Waals surface area contributed by atoms with E-state index in [1.807, 2.05) is 24.3 Å². The van der Waals surface area contributed by atoms with Crippen LogP contribution in [0.4, 0.5) is 8.78 Å². The van der Waals surface area contributed by atoms with E-state index in [1.165, 1.54) is 13.2 Å². The number of rotatable bonds is 6. The normalized spacial score (nSPS) is 12.4. The quantitative estimate of drug-likeness (QED) is 0.767. The lowest BCUT2D eigenvalue weighted by Crippen LogP contribution is -2.43. The lowest BCUT2D eigenvalue weighted by atomic mass is 9.86. The Morgan fingerprint density at radius 3 is 2.25 bits per heavy atom. The fourth-order valence-corrected chi connectivity index (χ4v) is 2.80. The van der Waals surface area contributed by atoms with Gasteiger partial charge >= 0.3 is 5.97 Å². The maximum atomic E-state index is 13.7. The molecule has 0 aliphatic rings. The summed E-state index contributed by atoms with van der Waals surface area (Å²) in [5, 5.41) is 2.58. The van der Waals surface area contributed by atoms with Crippen LogP contribution in [-0.4, -0.2) is 25.0 Å². The molecule has 0 spiro atoms. The molecule has 6 heteroatoms. The first-order valence-corrected chi connectivity index (χ1v) is 9.00. The third kappa shape index (κ3) is 5.87.